The van der Waals surface area contributed by atoms with Crippen molar-refractivity contribution in [2.75, 3.05) is 5.32 Å². The van der Waals surface area contributed by atoms with Gasteiger partial charge in [-0.15, -0.1) is 11.3 Å². The summed E-state index contributed by atoms with van der Waals surface area (Å²) in [5.41, 5.74) is 1.51. The molecule has 0 atom stereocenters. The molecule has 1 N–H and O–H groups in total. The number of aryl methyl sites for hydroxylation is 1. The number of nitrogens with zero attached hydrogens (tertiary/aromatic N) is 1. The third-order valence-electron chi connectivity index (χ3n) is 2.26. The van der Waals surface area contributed by atoms with Gasteiger partial charge in [0, 0.05) is 15.4 Å². The van der Waals surface area contributed by atoms with E-state index in [1.807, 2.05) is 12.3 Å². The molecule has 6 heteroatoms. The molecule has 0 radical (unpaired) electrons. The van der Waals surface area contributed by atoms with Gasteiger partial charge in [0.25, 0.3) is 0 Å². The number of amides is 1. The lowest BCUT2D eigenvalue weighted by atomic mass is 10.1. The fourth-order valence-electron chi connectivity index (χ4n) is 1.44. The fourth-order valence-corrected chi connectivity index (χ4v) is 2.67. The Hall–Kier alpha value is -1.10. The van der Waals surface area contributed by atoms with Crippen LogP contribution in [0.1, 0.15) is 11.3 Å². The lowest BCUT2D eigenvalue weighted by Crippen LogP contribution is -2.14. The van der Waals surface area contributed by atoms with Gasteiger partial charge >= 0.3 is 0 Å². The maximum atomic E-state index is 11.8. The van der Waals surface area contributed by atoms with Crippen LogP contribution in [0.25, 0.3) is 0 Å². The number of hydrogen-bond donors (Lipinski definition) is 1. The molecule has 0 saturated heterocycles. The van der Waals surface area contributed by atoms with Gasteiger partial charge < -0.3 is 5.32 Å². The van der Waals surface area contributed by atoms with Gasteiger partial charge in [0.05, 0.1) is 12.1 Å². The van der Waals surface area contributed by atoms with Crippen molar-refractivity contribution < 1.29 is 4.79 Å². The molecular weight excluding hydrogens is 291 g/mol. The Bertz CT molecular complexity index is 563. The van der Waals surface area contributed by atoms with E-state index in [1.165, 1.54) is 11.3 Å². The van der Waals surface area contributed by atoms with Gasteiger partial charge in [-0.25, -0.2) is 4.98 Å². The van der Waals surface area contributed by atoms with E-state index in [0.717, 1.165) is 5.69 Å². The monoisotopic (exact) mass is 300 g/mol. The van der Waals surface area contributed by atoms with Crippen LogP contribution in [0.15, 0.2) is 23.6 Å². The summed E-state index contributed by atoms with van der Waals surface area (Å²) in [6.07, 6.45) is 0.136. The minimum Gasteiger partial charge on any atom is -0.302 e. The molecule has 0 bridgehead atoms. The van der Waals surface area contributed by atoms with Gasteiger partial charge in [-0.2, -0.15) is 0 Å². The number of benzene rings is 1. The molecule has 0 spiro atoms. The molecule has 0 unspecified atom stereocenters. The highest BCUT2D eigenvalue weighted by Crippen LogP contribution is 2.25. The Labute approximate surface area is 119 Å². The molecule has 0 saturated carbocycles. The highest BCUT2D eigenvalue weighted by atomic mass is 35.5. The van der Waals surface area contributed by atoms with E-state index in [-0.39, 0.29) is 12.3 Å². The van der Waals surface area contributed by atoms with Gasteiger partial charge in [0.15, 0.2) is 5.13 Å². The molecule has 2 rings (SSSR count). The van der Waals surface area contributed by atoms with E-state index in [1.54, 1.807) is 18.2 Å². The van der Waals surface area contributed by atoms with Crippen molar-refractivity contribution >= 4 is 45.6 Å². The van der Waals surface area contributed by atoms with E-state index in [9.17, 15) is 4.79 Å². The SMILES string of the molecule is Cc1csc(NC(=O)Cc2c(Cl)cccc2Cl)n1. The fraction of sp³-hybridized carbons (Fsp3) is 0.167. The predicted octanol–water partition coefficient (Wildman–Crippen LogP) is 3.94. The first kappa shape index (κ1) is 13.3. The summed E-state index contributed by atoms with van der Waals surface area (Å²) in [7, 11) is 0. The summed E-state index contributed by atoms with van der Waals surface area (Å²) in [6, 6.07) is 5.17. The molecule has 1 heterocycles. The minimum atomic E-state index is -0.181. The van der Waals surface area contributed by atoms with Crippen LogP contribution in [0.3, 0.4) is 0 Å². The highest BCUT2D eigenvalue weighted by molar-refractivity contribution is 7.13. The van der Waals surface area contributed by atoms with E-state index in [0.29, 0.717) is 20.7 Å². The topological polar surface area (TPSA) is 42.0 Å². The summed E-state index contributed by atoms with van der Waals surface area (Å²) in [6.45, 7) is 1.87. The Morgan fingerprint density at radius 2 is 2.06 bits per heavy atom. The molecule has 0 fully saturated rings. The zero-order valence-corrected chi connectivity index (χ0v) is 11.9. The molecule has 2 aromatic rings. The summed E-state index contributed by atoms with van der Waals surface area (Å²) in [5, 5.41) is 6.16. The molecule has 94 valence electrons. The van der Waals surface area contributed by atoms with Crippen LogP contribution in [-0.2, 0) is 11.2 Å². The number of carbonyl (C=O) groups excluding carboxylic acids is 1. The number of anilines is 1. The average molecular weight is 301 g/mol. The predicted molar refractivity (Wildman–Crippen MR) is 75.6 cm³/mol. The van der Waals surface area contributed by atoms with Crippen molar-refractivity contribution in [2.45, 2.75) is 13.3 Å². The maximum absolute atomic E-state index is 11.8. The van der Waals surface area contributed by atoms with Crippen LogP contribution in [0.2, 0.25) is 10.0 Å². The van der Waals surface area contributed by atoms with Gasteiger partial charge in [0.2, 0.25) is 5.91 Å². The standard InChI is InChI=1S/C12H10Cl2N2OS/c1-7-6-18-12(15-7)16-11(17)5-8-9(13)3-2-4-10(8)14/h2-4,6H,5H2,1H3,(H,15,16,17). The van der Waals surface area contributed by atoms with Crippen molar-refractivity contribution in [1.29, 1.82) is 0 Å². The second-order valence-corrected chi connectivity index (χ2v) is 5.39. The van der Waals surface area contributed by atoms with Crippen molar-refractivity contribution in [3.63, 3.8) is 0 Å². The average Bonchev–Trinajstić information content (AvgIpc) is 2.69. The van der Waals surface area contributed by atoms with Gasteiger partial charge in [-0.1, -0.05) is 29.3 Å². The normalized spacial score (nSPS) is 10.4. The molecular formula is C12H10Cl2N2OS. The summed E-state index contributed by atoms with van der Waals surface area (Å²) >= 11 is 13.4. The second-order valence-electron chi connectivity index (χ2n) is 3.72. The van der Waals surface area contributed by atoms with E-state index in [4.69, 9.17) is 23.2 Å². The van der Waals surface area contributed by atoms with Crippen LogP contribution in [0.4, 0.5) is 5.13 Å². The molecule has 0 aliphatic carbocycles. The molecule has 1 amide bonds. The Morgan fingerprint density at radius 3 is 2.61 bits per heavy atom. The smallest absolute Gasteiger partial charge is 0.230 e. The van der Waals surface area contributed by atoms with Crippen molar-refractivity contribution in [1.82, 2.24) is 4.98 Å². The molecule has 0 aliphatic rings. The number of aromatic nitrogens is 1. The van der Waals surface area contributed by atoms with Gasteiger partial charge in [-0.3, -0.25) is 4.79 Å². The van der Waals surface area contributed by atoms with Crippen LogP contribution >= 0.6 is 34.5 Å². The van der Waals surface area contributed by atoms with E-state index < -0.39 is 0 Å². The first-order chi connectivity index (χ1) is 8.56. The van der Waals surface area contributed by atoms with Gasteiger partial charge in [0.1, 0.15) is 0 Å². The number of nitrogens with one attached hydrogen (secondary N) is 1. The third kappa shape index (κ3) is 3.22. The Morgan fingerprint density at radius 1 is 1.39 bits per heavy atom. The van der Waals surface area contributed by atoms with Crippen LogP contribution < -0.4 is 5.32 Å². The van der Waals surface area contributed by atoms with Crippen molar-refractivity contribution in [2.24, 2.45) is 0 Å². The first-order valence-corrected chi connectivity index (χ1v) is 6.84. The summed E-state index contributed by atoms with van der Waals surface area (Å²) < 4.78 is 0. The first-order valence-electron chi connectivity index (χ1n) is 5.21. The van der Waals surface area contributed by atoms with Gasteiger partial charge in [-0.05, 0) is 24.6 Å². The molecule has 1 aromatic carbocycles. The quantitative estimate of drug-likeness (QED) is 0.933. The molecule has 18 heavy (non-hydrogen) atoms. The van der Waals surface area contributed by atoms with Crippen LogP contribution in [-0.4, -0.2) is 10.9 Å². The van der Waals surface area contributed by atoms with Crippen molar-refractivity contribution in [3.05, 3.63) is 44.9 Å². The lowest BCUT2D eigenvalue weighted by molar-refractivity contribution is -0.115. The zero-order valence-electron chi connectivity index (χ0n) is 9.54. The highest BCUT2D eigenvalue weighted by Gasteiger charge is 2.12. The molecule has 0 aliphatic heterocycles. The summed E-state index contributed by atoms with van der Waals surface area (Å²) in [4.78, 5) is 16.0. The maximum Gasteiger partial charge on any atom is 0.230 e. The second kappa shape index (κ2) is 5.69. The number of halogens is 2. The number of carbonyl (C=O) groups is 1. The van der Waals surface area contributed by atoms with E-state index in [2.05, 4.69) is 10.3 Å². The van der Waals surface area contributed by atoms with E-state index >= 15 is 0 Å². The lowest BCUT2D eigenvalue weighted by Gasteiger charge is -2.06. The van der Waals surface area contributed by atoms with Crippen LogP contribution in [0, 0.1) is 6.92 Å². The summed E-state index contributed by atoms with van der Waals surface area (Å²) in [5.74, 6) is -0.181. The number of hydrogen-bond acceptors (Lipinski definition) is 3. The molecule has 1 aromatic heterocycles. The minimum absolute atomic E-state index is 0.136. The van der Waals surface area contributed by atoms with Crippen molar-refractivity contribution in [3.8, 4) is 0 Å². The largest absolute Gasteiger partial charge is 0.302 e. The number of thiazole rings is 1. The number of rotatable bonds is 3. The molecule has 3 nitrogen and oxygen atoms in total. The Balaban J connectivity index is 2.08. The zero-order chi connectivity index (χ0) is 13.1. The van der Waals surface area contributed by atoms with Crippen LogP contribution in [0.5, 0.6) is 0 Å². The third-order valence-corrected chi connectivity index (χ3v) is 3.85. The Kier molecular flexibility index (Phi) is 4.22.